The van der Waals surface area contributed by atoms with E-state index < -0.39 is 0 Å². The molecule has 702 valence electrons. The molecule has 0 unspecified atom stereocenters. The highest BCUT2D eigenvalue weighted by atomic mass is 15.0. The van der Waals surface area contributed by atoms with Crippen LogP contribution >= 0.6 is 0 Å². The maximum atomic E-state index is 5.21. The lowest BCUT2D eigenvalue weighted by Crippen LogP contribution is -2.00. The summed E-state index contributed by atoms with van der Waals surface area (Å²) in [6.45, 7) is 0. The van der Waals surface area contributed by atoms with Crippen LogP contribution in [-0.2, 0) is 0 Å². The summed E-state index contributed by atoms with van der Waals surface area (Å²) in [6, 6.07) is 168. The largest absolute Gasteiger partial charge is 0.265 e. The molecule has 0 saturated heterocycles. The van der Waals surface area contributed by atoms with Crippen molar-refractivity contribution in [3.05, 3.63) is 535 Å². The molecule has 150 heavy (non-hydrogen) atoms. The number of rotatable bonds is 18. The molecule has 0 radical (unpaired) electrons. The van der Waals surface area contributed by atoms with E-state index in [2.05, 4.69) is 384 Å². The predicted octanol–water partition coefficient (Wildman–Crippen LogP) is 33.5. The first kappa shape index (κ1) is 90.8. The summed E-state index contributed by atoms with van der Waals surface area (Å²) in [5.41, 5.74) is 34.6. The van der Waals surface area contributed by atoms with Gasteiger partial charge in [-0.3, -0.25) is 19.9 Å². The number of fused-ring (bicyclic) bond motifs is 9. The number of nitrogens with zero attached hydrogens (tertiary/aromatic N) is 14. The number of pyridine rings is 7. The van der Waals surface area contributed by atoms with Gasteiger partial charge < -0.3 is 0 Å². The fourth-order valence-corrected chi connectivity index (χ4v) is 19.8. The maximum absolute atomic E-state index is 5.21. The van der Waals surface area contributed by atoms with Crippen LogP contribution in [-0.4, -0.2) is 69.8 Å². The van der Waals surface area contributed by atoms with E-state index >= 15 is 0 Å². The molecule has 17 aromatic carbocycles. The van der Waals surface area contributed by atoms with Gasteiger partial charge in [0, 0.05) is 132 Å². The summed E-state index contributed by atoms with van der Waals surface area (Å²) in [5, 5.41) is 10.8. The standard InChI is InChI=1S/C46H30N4.2C45H29N5/c1-4-13-32(14-5-1)40-30-42(47-41-28-27-33-15-10-11-22-39(33)43(40)41)38-21-12-20-37(29-38)31-23-25-36(26-24-31)46-49-44(34-16-6-2-7-17-34)48-45(50-46)35-18-8-3-9-19-35;1-2-9-31(10-3-1)39-26-41(48-40-22-21-32-11-4-5-16-38(32)44(39)40)35-13-6-12-34(25-35)30-17-19-33(20-18-30)42-27-43(36-14-7-23-46-28-36)50-45(49-42)37-15-8-24-47-29-37;1-2-7-31(8-3-1)39-28-41(48-40-18-17-32-9-4-5-12-38(32)44(39)40)37-11-6-10-36(27-37)30-13-15-33(16-14-30)42-29-43(34-19-23-46-24-20-34)50-45(49-42)35-21-25-47-26-22-35/h1-30H;2*1-29H. The van der Waals surface area contributed by atoms with E-state index in [0.717, 1.165) is 157 Å². The lowest BCUT2D eigenvalue weighted by Gasteiger charge is -2.14. The first-order valence-electron chi connectivity index (χ1n) is 49.8. The Morgan fingerprint density at radius 3 is 0.713 bits per heavy atom. The average Bonchev–Trinajstić information content (AvgIpc) is 0.756. The van der Waals surface area contributed by atoms with Crippen molar-refractivity contribution in [2.24, 2.45) is 0 Å². The highest BCUT2D eigenvalue weighted by Crippen LogP contribution is 2.44. The molecule has 27 rings (SSSR count). The van der Waals surface area contributed by atoms with Crippen molar-refractivity contribution in [2.45, 2.75) is 0 Å². The molecular formula is C136H88N14. The van der Waals surface area contributed by atoms with Crippen LogP contribution in [0.2, 0.25) is 0 Å². The first-order valence-corrected chi connectivity index (χ1v) is 49.8. The van der Waals surface area contributed by atoms with Gasteiger partial charge in [-0.05, 0) is 214 Å². The lowest BCUT2D eigenvalue weighted by molar-refractivity contribution is 1.07. The molecular weight excluding hydrogens is 1830 g/mol. The zero-order valence-electron chi connectivity index (χ0n) is 81.1. The second-order valence-electron chi connectivity index (χ2n) is 36.7. The normalized spacial score (nSPS) is 11.2. The monoisotopic (exact) mass is 1920 g/mol. The van der Waals surface area contributed by atoms with Crippen LogP contribution in [0, 0.1) is 0 Å². The van der Waals surface area contributed by atoms with Gasteiger partial charge in [-0.15, -0.1) is 0 Å². The Morgan fingerprint density at radius 1 is 0.120 bits per heavy atom. The minimum atomic E-state index is 0.622. The minimum Gasteiger partial charge on any atom is -0.265 e. The van der Waals surface area contributed by atoms with Crippen LogP contribution in [0.4, 0.5) is 0 Å². The molecule has 0 atom stereocenters. The topological polar surface area (TPSA) is 180 Å². The smallest absolute Gasteiger partial charge is 0.164 e. The van der Waals surface area contributed by atoms with Crippen molar-refractivity contribution >= 4 is 65.0 Å². The molecule has 0 aliphatic heterocycles. The number of hydrogen-bond acceptors (Lipinski definition) is 14. The van der Waals surface area contributed by atoms with Crippen molar-refractivity contribution in [3.63, 3.8) is 0 Å². The van der Waals surface area contributed by atoms with Gasteiger partial charge in [0.15, 0.2) is 29.1 Å². The zero-order valence-corrected chi connectivity index (χ0v) is 81.1. The Balaban J connectivity index is 0.000000116. The Labute approximate surface area is 866 Å². The number of benzene rings is 17. The van der Waals surface area contributed by atoms with Crippen LogP contribution in [0.3, 0.4) is 0 Å². The van der Waals surface area contributed by atoms with Crippen LogP contribution in [0.15, 0.2) is 535 Å². The molecule has 27 aromatic rings. The van der Waals surface area contributed by atoms with Gasteiger partial charge in [-0.25, -0.2) is 49.8 Å². The summed E-state index contributed by atoms with van der Waals surface area (Å²) in [7, 11) is 0. The molecule has 0 N–H and O–H groups in total. The number of hydrogen-bond donors (Lipinski definition) is 0. The summed E-state index contributed by atoms with van der Waals surface area (Å²) in [4.78, 5) is 66.9. The number of aromatic nitrogens is 14. The van der Waals surface area contributed by atoms with Crippen LogP contribution < -0.4 is 0 Å². The fraction of sp³-hybridized carbons (Fsp3) is 0. The minimum absolute atomic E-state index is 0.622. The molecule has 0 fully saturated rings. The highest BCUT2D eigenvalue weighted by molar-refractivity contribution is 6.17. The zero-order chi connectivity index (χ0) is 99.8. The molecule has 0 amide bonds. The van der Waals surface area contributed by atoms with Crippen molar-refractivity contribution < 1.29 is 0 Å². The molecule has 10 heterocycles. The van der Waals surface area contributed by atoms with Gasteiger partial charge in [-0.2, -0.15) is 0 Å². The summed E-state index contributed by atoms with van der Waals surface area (Å²) >= 11 is 0. The molecule has 14 heteroatoms. The molecule has 0 aliphatic rings. The molecule has 0 spiro atoms. The van der Waals surface area contributed by atoms with E-state index in [1.165, 1.54) is 81.9 Å². The Morgan fingerprint density at radius 2 is 0.367 bits per heavy atom. The van der Waals surface area contributed by atoms with Gasteiger partial charge >= 0.3 is 0 Å². The van der Waals surface area contributed by atoms with E-state index in [1.807, 2.05) is 128 Å². The fourth-order valence-electron chi connectivity index (χ4n) is 19.8. The van der Waals surface area contributed by atoms with Gasteiger partial charge in [-0.1, -0.05) is 370 Å². The van der Waals surface area contributed by atoms with E-state index in [0.29, 0.717) is 29.1 Å². The van der Waals surface area contributed by atoms with Gasteiger partial charge in [0.05, 0.1) is 56.4 Å². The van der Waals surface area contributed by atoms with Crippen LogP contribution in [0.25, 0.3) is 268 Å². The molecule has 0 aliphatic carbocycles. The summed E-state index contributed by atoms with van der Waals surface area (Å²) in [6.07, 6.45) is 14.2. The highest BCUT2D eigenvalue weighted by Gasteiger charge is 2.23. The van der Waals surface area contributed by atoms with Crippen molar-refractivity contribution in [3.8, 4) is 203 Å². The van der Waals surface area contributed by atoms with Crippen LogP contribution in [0.5, 0.6) is 0 Å². The molecule has 0 bridgehead atoms. The third kappa shape index (κ3) is 19.0. The van der Waals surface area contributed by atoms with Gasteiger partial charge in [0.2, 0.25) is 0 Å². The van der Waals surface area contributed by atoms with Crippen molar-refractivity contribution in [2.75, 3.05) is 0 Å². The lowest BCUT2D eigenvalue weighted by atomic mass is 9.94. The van der Waals surface area contributed by atoms with E-state index in [9.17, 15) is 0 Å². The second kappa shape index (κ2) is 41.1. The summed E-state index contributed by atoms with van der Waals surface area (Å²) < 4.78 is 0. The SMILES string of the molecule is c1ccc(-c2cc(-c3cccc(-c4ccc(-c5cc(-c6cccnc6)nc(-c6cccnc6)n5)cc4)c3)nc3ccc4ccccc4c23)cc1.c1ccc(-c2cc(-c3cccc(-c4ccc(-c5cc(-c6ccncc6)nc(-c6ccncc6)n5)cc4)c3)nc3ccc4ccccc4c23)cc1.c1ccc(-c2nc(-c3ccccc3)nc(-c3ccc(-c4cccc(-c5cc(-c6ccccc6)c6c(ccc7ccccc76)n5)c4)cc3)n2)cc1. The first-order chi connectivity index (χ1) is 74.3. The molecule has 0 saturated carbocycles. The molecule has 10 aromatic heterocycles. The van der Waals surface area contributed by atoms with Crippen molar-refractivity contribution in [1.82, 2.24) is 69.8 Å². The van der Waals surface area contributed by atoms with Crippen molar-refractivity contribution in [1.29, 1.82) is 0 Å². The predicted molar refractivity (Wildman–Crippen MR) is 611 cm³/mol. The van der Waals surface area contributed by atoms with Crippen LogP contribution in [0.1, 0.15) is 0 Å². The maximum Gasteiger partial charge on any atom is 0.164 e. The van der Waals surface area contributed by atoms with E-state index in [1.54, 1.807) is 43.4 Å². The molecule has 14 nitrogen and oxygen atoms in total. The Hall–Kier alpha value is -20.5. The van der Waals surface area contributed by atoms with E-state index in [-0.39, 0.29) is 0 Å². The van der Waals surface area contributed by atoms with Gasteiger partial charge in [0.1, 0.15) is 0 Å². The third-order valence-electron chi connectivity index (χ3n) is 27.3. The Kier molecular flexibility index (Phi) is 24.9. The Bertz CT molecular complexity index is 8570. The van der Waals surface area contributed by atoms with Gasteiger partial charge in [0.25, 0.3) is 0 Å². The second-order valence-corrected chi connectivity index (χ2v) is 36.7. The third-order valence-corrected chi connectivity index (χ3v) is 27.3. The average molecular weight is 1920 g/mol. The van der Waals surface area contributed by atoms with E-state index in [4.69, 9.17) is 49.8 Å². The summed E-state index contributed by atoms with van der Waals surface area (Å²) in [5.74, 6) is 3.21. The quantitative estimate of drug-likeness (QED) is 0.0740.